The molecule has 0 radical (unpaired) electrons. The van der Waals surface area contributed by atoms with Crippen molar-refractivity contribution in [2.24, 2.45) is 4.99 Å². The van der Waals surface area contributed by atoms with E-state index in [1.54, 1.807) is 18.4 Å². The van der Waals surface area contributed by atoms with Crippen molar-refractivity contribution in [3.63, 3.8) is 0 Å². The highest BCUT2D eigenvalue weighted by atomic mass is 32.1. The van der Waals surface area contributed by atoms with Gasteiger partial charge in [0.25, 0.3) is 0 Å². The van der Waals surface area contributed by atoms with Crippen LogP contribution in [0, 0.1) is 0 Å². The Hall–Kier alpha value is -3.91. The minimum absolute atomic E-state index is 0.310. The fourth-order valence-corrected chi connectivity index (χ4v) is 6.00. The smallest absolute Gasteiger partial charge is 0.341 e. The van der Waals surface area contributed by atoms with Crippen LogP contribution in [0.1, 0.15) is 40.6 Å². The number of rotatable bonds is 5. The maximum atomic E-state index is 13.0. The lowest BCUT2D eigenvalue weighted by molar-refractivity contribution is 0.0526. The first kappa shape index (κ1) is 22.5. The third kappa shape index (κ3) is 3.87. The van der Waals surface area contributed by atoms with Crippen molar-refractivity contribution in [2.75, 3.05) is 13.7 Å². The standard InChI is InChI=1S/C28H25N3O4S/c1-3-34-28(32)23-17-10-4-7-14-22(17)36-27(23)31-26-18(25-29-19-11-5-6-12-20(19)30-25)15-16-9-8-13-21(33-2)24(16)35-26/h5-6,8-9,11-13,15H,3-4,7,10,14H2,1-2H3,(H,29,30). The number of H-pyrrole nitrogens is 1. The normalized spacial score (nSPS) is 13.8. The molecule has 5 aromatic rings. The van der Waals surface area contributed by atoms with Gasteiger partial charge in [-0.2, -0.15) is 0 Å². The number of methoxy groups -OCH3 is 1. The lowest BCUT2D eigenvalue weighted by Gasteiger charge is -2.11. The van der Waals surface area contributed by atoms with Gasteiger partial charge in [0.2, 0.25) is 5.55 Å². The fraction of sp³-hybridized carbons (Fsp3) is 0.250. The van der Waals surface area contributed by atoms with E-state index < -0.39 is 0 Å². The molecule has 7 nitrogen and oxygen atoms in total. The number of hydrogen-bond donors (Lipinski definition) is 1. The van der Waals surface area contributed by atoms with Gasteiger partial charge in [-0.1, -0.05) is 24.3 Å². The SMILES string of the molecule is CCOC(=O)c1c(N=c2oc3c(OC)cccc3cc2-c2nc3ccccc3[nH]2)sc2c1CCCC2. The molecule has 1 N–H and O–H groups in total. The van der Waals surface area contributed by atoms with Gasteiger partial charge < -0.3 is 18.9 Å². The number of thiophene rings is 1. The Morgan fingerprint density at radius 2 is 2.03 bits per heavy atom. The van der Waals surface area contributed by atoms with Crippen molar-refractivity contribution < 1.29 is 18.7 Å². The first-order valence-corrected chi connectivity index (χ1v) is 12.9. The molecule has 0 amide bonds. The molecule has 3 heterocycles. The van der Waals surface area contributed by atoms with E-state index in [0.29, 0.717) is 45.4 Å². The Labute approximate surface area is 211 Å². The maximum Gasteiger partial charge on any atom is 0.341 e. The average Bonchev–Trinajstić information content (AvgIpc) is 3.49. The van der Waals surface area contributed by atoms with E-state index in [1.165, 1.54) is 4.88 Å². The van der Waals surface area contributed by atoms with Gasteiger partial charge in [0.15, 0.2) is 11.3 Å². The Morgan fingerprint density at radius 3 is 2.86 bits per heavy atom. The zero-order valence-electron chi connectivity index (χ0n) is 20.1. The quantitative estimate of drug-likeness (QED) is 0.285. The summed E-state index contributed by atoms with van der Waals surface area (Å²) in [5, 5.41) is 1.47. The van der Waals surface area contributed by atoms with Crippen molar-refractivity contribution in [1.29, 1.82) is 0 Å². The summed E-state index contributed by atoms with van der Waals surface area (Å²) in [4.78, 5) is 27.4. The molecule has 1 aliphatic carbocycles. The molecule has 36 heavy (non-hydrogen) atoms. The molecular formula is C28H25N3O4S. The first-order valence-electron chi connectivity index (χ1n) is 12.1. The second-order valence-electron chi connectivity index (χ2n) is 8.67. The van der Waals surface area contributed by atoms with Crippen molar-refractivity contribution in [1.82, 2.24) is 9.97 Å². The van der Waals surface area contributed by atoms with Gasteiger partial charge in [-0.15, -0.1) is 11.3 Å². The van der Waals surface area contributed by atoms with E-state index in [2.05, 4.69) is 4.98 Å². The number of ether oxygens (including phenoxy) is 2. The number of imidazole rings is 1. The summed E-state index contributed by atoms with van der Waals surface area (Å²) in [7, 11) is 1.61. The van der Waals surface area contributed by atoms with Crippen LogP contribution in [0.15, 0.2) is 57.9 Å². The molecule has 0 saturated carbocycles. The predicted molar refractivity (Wildman–Crippen MR) is 140 cm³/mol. The zero-order valence-corrected chi connectivity index (χ0v) is 20.9. The summed E-state index contributed by atoms with van der Waals surface area (Å²) in [6, 6.07) is 15.6. The molecule has 0 atom stereocenters. The molecule has 0 spiro atoms. The molecular weight excluding hydrogens is 474 g/mol. The molecule has 0 fully saturated rings. The van der Waals surface area contributed by atoms with Crippen LogP contribution in [0.4, 0.5) is 5.00 Å². The third-order valence-electron chi connectivity index (χ3n) is 6.44. The lowest BCUT2D eigenvalue weighted by atomic mass is 9.95. The highest BCUT2D eigenvalue weighted by Gasteiger charge is 2.27. The third-order valence-corrected chi connectivity index (χ3v) is 7.62. The number of hydrogen-bond acceptors (Lipinski definition) is 7. The Balaban J connectivity index is 1.64. The van der Waals surface area contributed by atoms with Crippen molar-refractivity contribution in [3.8, 4) is 17.1 Å². The van der Waals surface area contributed by atoms with Crippen LogP contribution in [0.3, 0.4) is 0 Å². The average molecular weight is 500 g/mol. The molecule has 6 rings (SSSR count). The molecule has 0 unspecified atom stereocenters. The summed E-state index contributed by atoms with van der Waals surface area (Å²) in [5.74, 6) is 0.915. The fourth-order valence-electron chi connectivity index (χ4n) is 4.75. The second-order valence-corrected chi connectivity index (χ2v) is 9.75. The molecule has 3 aromatic heterocycles. The van der Waals surface area contributed by atoms with E-state index in [4.69, 9.17) is 23.9 Å². The Morgan fingerprint density at radius 1 is 1.17 bits per heavy atom. The zero-order chi connectivity index (χ0) is 24.6. The number of carbonyl (C=O) groups is 1. The Bertz CT molecular complexity index is 1640. The molecule has 1 aliphatic rings. The van der Waals surface area contributed by atoms with Gasteiger partial charge in [0, 0.05) is 10.3 Å². The summed E-state index contributed by atoms with van der Waals surface area (Å²) < 4.78 is 17.4. The van der Waals surface area contributed by atoms with Crippen LogP contribution in [0.25, 0.3) is 33.4 Å². The number of aromatic amines is 1. The van der Waals surface area contributed by atoms with E-state index >= 15 is 0 Å². The summed E-state index contributed by atoms with van der Waals surface area (Å²) in [6.07, 6.45) is 3.96. The minimum Gasteiger partial charge on any atom is -0.493 e. The van der Waals surface area contributed by atoms with Crippen LogP contribution in [0.5, 0.6) is 5.75 Å². The lowest BCUT2D eigenvalue weighted by Crippen LogP contribution is -2.11. The molecule has 0 saturated heterocycles. The first-order chi connectivity index (χ1) is 17.7. The van der Waals surface area contributed by atoms with Crippen LogP contribution < -0.4 is 10.3 Å². The number of fused-ring (bicyclic) bond motifs is 3. The van der Waals surface area contributed by atoms with Crippen LogP contribution >= 0.6 is 11.3 Å². The van der Waals surface area contributed by atoms with Gasteiger partial charge >= 0.3 is 5.97 Å². The Kier molecular flexibility index (Phi) is 5.81. The minimum atomic E-state index is -0.334. The van der Waals surface area contributed by atoms with Crippen molar-refractivity contribution in [2.45, 2.75) is 32.6 Å². The molecule has 8 heteroatoms. The summed E-state index contributed by atoms with van der Waals surface area (Å²) in [6.45, 7) is 2.13. The van der Waals surface area contributed by atoms with Crippen LogP contribution in [0.2, 0.25) is 0 Å². The topological polar surface area (TPSA) is 89.7 Å². The number of benzene rings is 2. The predicted octanol–water partition coefficient (Wildman–Crippen LogP) is 6.33. The van der Waals surface area contributed by atoms with Crippen molar-refractivity contribution >= 4 is 44.3 Å². The summed E-state index contributed by atoms with van der Waals surface area (Å²) >= 11 is 1.55. The largest absolute Gasteiger partial charge is 0.493 e. The van der Waals surface area contributed by atoms with E-state index in [1.807, 2.05) is 55.5 Å². The highest BCUT2D eigenvalue weighted by Crippen LogP contribution is 2.40. The molecule has 182 valence electrons. The number of aryl methyl sites for hydroxylation is 1. The second kappa shape index (κ2) is 9.28. The van der Waals surface area contributed by atoms with Gasteiger partial charge in [0.1, 0.15) is 10.8 Å². The van der Waals surface area contributed by atoms with E-state index in [9.17, 15) is 4.79 Å². The number of aromatic nitrogens is 2. The molecule has 0 bridgehead atoms. The van der Waals surface area contributed by atoms with E-state index in [-0.39, 0.29) is 5.97 Å². The van der Waals surface area contributed by atoms with Crippen LogP contribution in [-0.2, 0) is 17.6 Å². The molecule has 2 aromatic carbocycles. The van der Waals surface area contributed by atoms with Crippen LogP contribution in [-0.4, -0.2) is 29.7 Å². The van der Waals surface area contributed by atoms with E-state index in [0.717, 1.165) is 47.7 Å². The number of nitrogens with zero attached hydrogens (tertiary/aromatic N) is 2. The summed E-state index contributed by atoms with van der Waals surface area (Å²) in [5.41, 5.74) is 5.03. The molecule has 0 aliphatic heterocycles. The number of esters is 1. The van der Waals surface area contributed by atoms with Gasteiger partial charge in [-0.3, -0.25) is 0 Å². The van der Waals surface area contributed by atoms with Crippen molar-refractivity contribution in [3.05, 3.63) is 70.1 Å². The number of carbonyl (C=O) groups excluding carboxylic acids is 1. The van der Waals surface area contributed by atoms with Gasteiger partial charge in [0.05, 0.1) is 35.9 Å². The van der Waals surface area contributed by atoms with Gasteiger partial charge in [-0.05, 0) is 62.4 Å². The number of para-hydroxylation sites is 3. The highest BCUT2D eigenvalue weighted by molar-refractivity contribution is 7.16. The van der Waals surface area contributed by atoms with Gasteiger partial charge in [-0.25, -0.2) is 14.8 Å². The maximum absolute atomic E-state index is 13.0. The monoisotopic (exact) mass is 499 g/mol. The number of nitrogens with one attached hydrogen (secondary N) is 1.